The Bertz CT molecular complexity index is 651. The van der Waals surface area contributed by atoms with Crippen molar-refractivity contribution < 1.29 is 4.39 Å². The summed E-state index contributed by atoms with van der Waals surface area (Å²) >= 11 is 0. The average Bonchev–Trinajstić information content (AvgIpc) is 2.33. The highest BCUT2D eigenvalue weighted by atomic mass is 19.1. The molecule has 23 heavy (non-hydrogen) atoms. The highest BCUT2D eigenvalue weighted by molar-refractivity contribution is 5.47. The number of halogens is 1. The molecule has 1 heteroatoms. The molecule has 1 rings (SSSR count). The van der Waals surface area contributed by atoms with Crippen LogP contribution in [0.5, 0.6) is 0 Å². The Kier molecular flexibility index (Phi) is 6.16. The number of rotatable bonds is 5. The minimum atomic E-state index is -0.127. The van der Waals surface area contributed by atoms with E-state index in [0.29, 0.717) is 12.0 Å². The van der Waals surface area contributed by atoms with Crippen molar-refractivity contribution in [3.63, 3.8) is 0 Å². The zero-order valence-corrected chi connectivity index (χ0v) is 15.9. The second kappa shape index (κ2) is 7.29. The standard InChI is InChI=1S/C22H31F/c1-14(2)21(18(6)13-22(7,8)9)20(23)12-19-11-16(4)15(3)10-17(19)5/h10-11H,1,6,12-13H2,2-5,7-9H3/b21-20+. The molecule has 0 heterocycles. The number of allylic oxidation sites excluding steroid dienone is 4. The van der Waals surface area contributed by atoms with Gasteiger partial charge in [-0.3, -0.25) is 0 Å². The zero-order chi connectivity index (χ0) is 17.9. The summed E-state index contributed by atoms with van der Waals surface area (Å²) in [7, 11) is 0. The van der Waals surface area contributed by atoms with Crippen LogP contribution in [-0.2, 0) is 6.42 Å². The molecule has 1 aromatic carbocycles. The summed E-state index contributed by atoms with van der Waals surface area (Å²) in [6.07, 6.45) is 1.06. The first-order chi connectivity index (χ1) is 10.4. The fourth-order valence-corrected chi connectivity index (χ4v) is 2.92. The molecule has 0 aromatic heterocycles. The maximum atomic E-state index is 15.0. The quantitative estimate of drug-likeness (QED) is 0.516. The first-order valence-corrected chi connectivity index (χ1v) is 8.22. The van der Waals surface area contributed by atoms with Crippen molar-refractivity contribution in [2.75, 3.05) is 0 Å². The van der Waals surface area contributed by atoms with Gasteiger partial charge in [0.05, 0.1) is 0 Å². The molecule has 0 bridgehead atoms. The molecule has 0 N–H and O–H groups in total. The largest absolute Gasteiger partial charge is 0.211 e. The van der Waals surface area contributed by atoms with E-state index in [4.69, 9.17) is 0 Å². The van der Waals surface area contributed by atoms with Crippen LogP contribution in [0.25, 0.3) is 0 Å². The maximum Gasteiger partial charge on any atom is 0.112 e. The molecule has 0 saturated heterocycles. The summed E-state index contributed by atoms with van der Waals surface area (Å²) in [5, 5.41) is 0. The minimum Gasteiger partial charge on any atom is -0.211 e. The third-order valence-electron chi connectivity index (χ3n) is 4.09. The van der Waals surface area contributed by atoms with Gasteiger partial charge in [-0.05, 0) is 72.9 Å². The van der Waals surface area contributed by atoms with Gasteiger partial charge in [-0.25, -0.2) is 4.39 Å². The Labute approximate surface area is 141 Å². The smallest absolute Gasteiger partial charge is 0.112 e. The molecular formula is C22H31F. The predicted molar refractivity (Wildman–Crippen MR) is 101 cm³/mol. The second-order valence-corrected chi connectivity index (χ2v) is 7.94. The number of aryl methyl sites for hydroxylation is 3. The van der Waals surface area contributed by atoms with Gasteiger partial charge in [0.15, 0.2) is 0 Å². The van der Waals surface area contributed by atoms with E-state index < -0.39 is 0 Å². The van der Waals surface area contributed by atoms with Gasteiger partial charge >= 0.3 is 0 Å². The maximum absolute atomic E-state index is 15.0. The Morgan fingerprint density at radius 3 is 2.00 bits per heavy atom. The van der Waals surface area contributed by atoms with E-state index in [9.17, 15) is 4.39 Å². The van der Waals surface area contributed by atoms with Crippen molar-refractivity contribution in [3.8, 4) is 0 Å². The fourth-order valence-electron chi connectivity index (χ4n) is 2.92. The summed E-state index contributed by atoms with van der Waals surface area (Å²) in [5.74, 6) is -0.127. The van der Waals surface area contributed by atoms with Gasteiger partial charge in [-0.2, -0.15) is 0 Å². The van der Waals surface area contributed by atoms with Gasteiger partial charge in [0.1, 0.15) is 5.83 Å². The number of hydrogen-bond donors (Lipinski definition) is 0. The molecule has 0 fully saturated rings. The van der Waals surface area contributed by atoms with Gasteiger partial charge in [-0.15, -0.1) is 0 Å². The summed E-state index contributed by atoms with van der Waals surface area (Å²) in [5.41, 5.74) is 6.88. The molecule has 0 aliphatic heterocycles. The average molecular weight is 314 g/mol. The fraction of sp³-hybridized carbons (Fsp3) is 0.455. The topological polar surface area (TPSA) is 0 Å². The molecular weight excluding hydrogens is 283 g/mol. The molecule has 0 nitrogen and oxygen atoms in total. The minimum absolute atomic E-state index is 0.0778. The van der Waals surface area contributed by atoms with Crippen LogP contribution in [0.4, 0.5) is 4.39 Å². The van der Waals surface area contributed by atoms with Crippen LogP contribution < -0.4 is 0 Å². The van der Waals surface area contributed by atoms with E-state index in [0.717, 1.165) is 28.7 Å². The third-order valence-corrected chi connectivity index (χ3v) is 4.09. The SMILES string of the molecule is C=C(C)/C(C(=C)CC(C)(C)C)=C(\F)Cc1cc(C)c(C)cc1C. The van der Waals surface area contributed by atoms with Crippen molar-refractivity contribution >= 4 is 0 Å². The first kappa shape index (κ1) is 19.4. The van der Waals surface area contributed by atoms with Crippen molar-refractivity contribution in [2.24, 2.45) is 5.41 Å². The van der Waals surface area contributed by atoms with Gasteiger partial charge in [0, 0.05) is 12.0 Å². The summed E-state index contributed by atoms with van der Waals surface area (Å²) in [6.45, 7) is 22.6. The first-order valence-electron chi connectivity index (χ1n) is 8.22. The lowest BCUT2D eigenvalue weighted by Gasteiger charge is -2.22. The lowest BCUT2D eigenvalue weighted by molar-refractivity contribution is 0.411. The van der Waals surface area contributed by atoms with Crippen LogP contribution in [0.3, 0.4) is 0 Å². The summed E-state index contributed by atoms with van der Waals surface area (Å²) in [4.78, 5) is 0. The highest BCUT2D eigenvalue weighted by Gasteiger charge is 2.19. The van der Waals surface area contributed by atoms with E-state index in [-0.39, 0.29) is 11.2 Å². The second-order valence-electron chi connectivity index (χ2n) is 7.94. The van der Waals surface area contributed by atoms with E-state index in [2.05, 4.69) is 59.9 Å². The van der Waals surface area contributed by atoms with Gasteiger partial charge in [-0.1, -0.05) is 46.1 Å². The van der Waals surface area contributed by atoms with Crippen LogP contribution >= 0.6 is 0 Å². The molecule has 1 aromatic rings. The van der Waals surface area contributed by atoms with Crippen LogP contribution in [0.15, 0.2) is 47.8 Å². The van der Waals surface area contributed by atoms with Crippen LogP contribution in [-0.4, -0.2) is 0 Å². The van der Waals surface area contributed by atoms with Crippen LogP contribution in [0.1, 0.15) is 56.4 Å². The Morgan fingerprint density at radius 1 is 1.00 bits per heavy atom. The van der Waals surface area contributed by atoms with Gasteiger partial charge in [0.25, 0.3) is 0 Å². The molecule has 126 valence electrons. The molecule has 0 radical (unpaired) electrons. The van der Waals surface area contributed by atoms with Crippen molar-refractivity contribution in [2.45, 2.75) is 61.3 Å². The lowest BCUT2D eigenvalue weighted by Crippen LogP contribution is -2.09. The van der Waals surface area contributed by atoms with E-state index in [1.165, 1.54) is 11.1 Å². The Balaban J connectivity index is 3.21. The zero-order valence-electron chi connectivity index (χ0n) is 15.9. The van der Waals surface area contributed by atoms with Crippen LogP contribution in [0, 0.1) is 26.2 Å². The van der Waals surface area contributed by atoms with Crippen molar-refractivity contribution in [1.29, 1.82) is 0 Å². The third kappa shape index (κ3) is 5.49. The lowest BCUT2D eigenvalue weighted by atomic mass is 9.83. The van der Waals surface area contributed by atoms with Crippen LogP contribution in [0.2, 0.25) is 0 Å². The molecule has 0 saturated carbocycles. The molecule has 0 aliphatic carbocycles. The molecule has 0 unspecified atom stereocenters. The number of benzene rings is 1. The van der Waals surface area contributed by atoms with E-state index in [1.54, 1.807) is 0 Å². The van der Waals surface area contributed by atoms with Gasteiger partial charge < -0.3 is 0 Å². The summed E-state index contributed by atoms with van der Waals surface area (Å²) < 4.78 is 15.0. The van der Waals surface area contributed by atoms with E-state index in [1.807, 2.05) is 13.8 Å². The highest BCUT2D eigenvalue weighted by Crippen LogP contribution is 2.33. The Hall–Kier alpha value is -1.63. The van der Waals surface area contributed by atoms with Gasteiger partial charge in [0.2, 0.25) is 0 Å². The normalized spacial score (nSPS) is 12.9. The molecule has 0 atom stereocenters. The molecule has 0 spiro atoms. The Morgan fingerprint density at radius 2 is 1.52 bits per heavy atom. The monoisotopic (exact) mass is 314 g/mol. The van der Waals surface area contributed by atoms with E-state index >= 15 is 0 Å². The molecule has 0 aliphatic rings. The predicted octanol–water partition coefficient (Wildman–Crippen LogP) is 6.95. The van der Waals surface area contributed by atoms with Crippen molar-refractivity contribution in [3.05, 3.63) is 70.1 Å². The number of hydrogen-bond acceptors (Lipinski definition) is 0. The summed E-state index contributed by atoms with van der Waals surface area (Å²) in [6, 6.07) is 4.22. The molecule has 0 amide bonds. The van der Waals surface area contributed by atoms with Crippen molar-refractivity contribution in [1.82, 2.24) is 0 Å².